The number of aromatic nitrogens is 2. The molecule has 0 unspecified atom stereocenters. The van der Waals surface area contributed by atoms with Gasteiger partial charge in [-0.15, -0.1) is 0 Å². The average Bonchev–Trinajstić information content (AvgIpc) is 3.16. The van der Waals surface area contributed by atoms with E-state index >= 15 is 0 Å². The summed E-state index contributed by atoms with van der Waals surface area (Å²) in [5, 5.41) is 4.71. The molecule has 0 spiro atoms. The molecule has 0 aliphatic carbocycles. The molecule has 0 amide bonds. The van der Waals surface area contributed by atoms with Gasteiger partial charge in [-0.05, 0) is 62.9 Å². The van der Waals surface area contributed by atoms with Gasteiger partial charge in [-0.3, -0.25) is 0 Å². The largest absolute Gasteiger partial charge is 0.439 e. The highest BCUT2D eigenvalue weighted by molar-refractivity contribution is 7.89. The van der Waals surface area contributed by atoms with E-state index in [1.54, 1.807) is 6.92 Å². The van der Waals surface area contributed by atoms with Crippen molar-refractivity contribution in [2.75, 3.05) is 5.75 Å². The van der Waals surface area contributed by atoms with Gasteiger partial charge in [0.2, 0.25) is 15.9 Å². The highest BCUT2D eigenvalue weighted by atomic mass is 32.2. The summed E-state index contributed by atoms with van der Waals surface area (Å²) in [6.45, 7) is 12.4. The monoisotopic (exact) mass is 455 g/mol. The van der Waals surface area contributed by atoms with E-state index in [4.69, 9.17) is 9.84 Å². The fourth-order valence-electron chi connectivity index (χ4n) is 3.48. The Bertz CT molecular complexity index is 1160. The molecule has 0 saturated carbocycles. The second kappa shape index (κ2) is 9.46. The number of hydrogen-bond donors (Lipinski definition) is 1. The van der Waals surface area contributed by atoms with Crippen molar-refractivity contribution in [3.8, 4) is 22.9 Å². The van der Waals surface area contributed by atoms with Gasteiger partial charge in [-0.1, -0.05) is 44.2 Å². The van der Waals surface area contributed by atoms with Crippen LogP contribution in [0.3, 0.4) is 0 Å². The molecule has 0 atom stereocenters. The van der Waals surface area contributed by atoms with Gasteiger partial charge in [0.25, 0.3) is 0 Å². The van der Waals surface area contributed by atoms with Crippen molar-refractivity contribution >= 4 is 10.0 Å². The summed E-state index contributed by atoms with van der Waals surface area (Å²) in [6.07, 6.45) is 0. The normalized spacial score (nSPS) is 12.3. The highest BCUT2D eigenvalue weighted by Gasteiger charge is 2.26. The topological polar surface area (TPSA) is 73.2 Å². The van der Waals surface area contributed by atoms with Gasteiger partial charge in [0.1, 0.15) is 5.75 Å². The zero-order valence-electron chi connectivity index (χ0n) is 19.7. The van der Waals surface area contributed by atoms with Crippen LogP contribution in [0.15, 0.2) is 54.6 Å². The lowest BCUT2D eigenvalue weighted by Crippen LogP contribution is -2.41. The Morgan fingerprint density at radius 1 is 1.06 bits per heavy atom. The Hall–Kier alpha value is -2.64. The van der Waals surface area contributed by atoms with Crippen LogP contribution >= 0.6 is 0 Å². The van der Waals surface area contributed by atoms with Crippen LogP contribution in [0.2, 0.25) is 0 Å². The molecule has 172 valence electrons. The number of sulfonamides is 1. The maximum Gasteiger partial charge on any atom is 0.218 e. The maximum atomic E-state index is 12.1. The highest BCUT2D eigenvalue weighted by Crippen LogP contribution is 2.31. The van der Waals surface area contributed by atoms with E-state index < -0.39 is 15.6 Å². The van der Waals surface area contributed by atoms with Crippen LogP contribution in [-0.2, 0) is 22.1 Å². The summed E-state index contributed by atoms with van der Waals surface area (Å²) in [4.78, 5) is 0. The van der Waals surface area contributed by atoms with Crippen molar-refractivity contribution in [3.63, 3.8) is 0 Å². The SMILES string of the molecule is CCn1nc(-c2cccc(C(C)(C)NS(=O)(=O)CC)c2)cc1Oc1ccc(C(C)C)cc1. The van der Waals surface area contributed by atoms with E-state index in [1.165, 1.54) is 5.56 Å². The summed E-state index contributed by atoms with van der Waals surface area (Å²) in [5.74, 6) is 1.93. The Morgan fingerprint density at radius 3 is 2.34 bits per heavy atom. The van der Waals surface area contributed by atoms with E-state index in [1.807, 2.05) is 67.9 Å². The molecule has 1 aromatic heterocycles. The van der Waals surface area contributed by atoms with Crippen molar-refractivity contribution < 1.29 is 13.2 Å². The van der Waals surface area contributed by atoms with Crippen molar-refractivity contribution in [1.82, 2.24) is 14.5 Å². The predicted octanol–water partition coefficient (Wildman–Crippen LogP) is 5.66. The Balaban J connectivity index is 1.89. The van der Waals surface area contributed by atoms with E-state index in [2.05, 4.69) is 30.7 Å². The van der Waals surface area contributed by atoms with E-state index in [-0.39, 0.29) is 5.75 Å². The van der Waals surface area contributed by atoms with E-state index in [0.29, 0.717) is 18.3 Å². The Labute approximate surface area is 191 Å². The minimum atomic E-state index is -3.34. The van der Waals surface area contributed by atoms with Gasteiger partial charge in [0.15, 0.2) is 0 Å². The maximum absolute atomic E-state index is 12.1. The van der Waals surface area contributed by atoms with E-state index in [0.717, 1.165) is 22.6 Å². The Morgan fingerprint density at radius 2 is 1.75 bits per heavy atom. The standard InChI is InChI=1S/C25H33N3O3S/c1-7-28-24(31-22-14-12-19(13-15-22)18(3)4)17-23(26-28)20-10-9-11-21(16-20)25(5,6)27-32(29,30)8-2/h9-18,27H,7-8H2,1-6H3. The molecule has 0 saturated heterocycles. The quantitative estimate of drug-likeness (QED) is 0.452. The molecule has 1 heterocycles. The number of aryl methyl sites for hydroxylation is 1. The minimum absolute atomic E-state index is 0.0376. The molecule has 0 aliphatic heterocycles. The zero-order chi connectivity index (χ0) is 23.5. The first-order valence-electron chi connectivity index (χ1n) is 11.0. The lowest BCUT2D eigenvalue weighted by molar-refractivity contribution is 0.417. The number of hydrogen-bond acceptors (Lipinski definition) is 4. The lowest BCUT2D eigenvalue weighted by Gasteiger charge is -2.26. The van der Waals surface area contributed by atoms with Crippen LogP contribution in [0.5, 0.6) is 11.6 Å². The van der Waals surface area contributed by atoms with Crippen LogP contribution in [0.4, 0.5) is 0 Å². The van der Waals surface area contributed by atoms with Gasteiger partial charge in [0.05, 0.1) is 17.0 Å². The number of nitrogens with one attached hydrogen (secondary N) is 1. The van der Waals surface area contributed by atoms with Crippen molar-refractivity contribution in [1.29, 1.82) is 0 Å². The molecular weight excluding hydrogens is 422 g/mol. The van der Waals surface area contributed by atoms with Gasteiger partial charge in [-0.2, -0.15) is 5.10 Å². The predicted molar refractivity (Wildman–Crippen MR) is 130 cm³/mol. The molecule has 32 heavy (non-hydrogen) atoms. The van der Waals surface area contributed by atoms with E-state index in [9.17, 15) is 8.42 Å². The molecule has 3 aromatic rings. The van der Waals surface area contributed by atoms with Gasteiger partial charge >= 0.3 is 0 Å². The molecule has 0 aliphatic rings. The fourth-order valence-corrected chi connectivity index (χ4v) is 4.52. The number of ether oxygens (including phenoxy) is 1. The molecular formula is C25H33N3O3S. The Kier molecular flexibility index (Phi) is 7.10. The van der Waals surface area contributed by atoms with Gasteiger partial charge < -0.3 is 4.74 Å². The molecule has 2 aromatic carbocycles. The third-order valence-corrected chi connectivity index (χ3v) is 7.06. The van der Waals surface area contributed by atoms with Gasteiger partial charge in [-0.25, -0.2) is 17.8 Å². The molecule has 3 rings (SSSR count). The summed E-state index contributed by atoms with van der Waals surface area (Å²) in [5.41, 5.74) is 3.07. The first kappa shape index (κ1) is 24.0. The molecule has 0 radical (unpaired) electrons. The zero-order valence-corrected chi connectivity index (χ0v) is 20.5. The molecule has 1 N–H and O–H groups in total. The molecule has 0 bridgehead atoms. The second-order valence-electron chi connectivity index (χ2n) is 8.72. The summed E-state index contributed by atoms with van der Waals surface area (Å²) >= 11 is 0. The van der Waals surface area contributed by atoms with Crippen LogP contribution in [0.25, 0.3) is 11.3 Å². The summed E-state index contributed by atoms with van der Waals surface area (Å²) < 4.78 is 35.0. The van der Waals surface area contributed by atoms with Crippen LogP contribution in [-0.4, -0.2) is 24.0 Å². The third kappa shape index (κ3) is 5.58. The molecule has 6 nitrogen and oxygen atoms in total. The molecule has 7 heteroatoms. The van der Waals surface area contributed by atoms with Crippen LogP contribution < -0.4 is 9.46 Å². The van der Waals surface area contributed by atoms with Crippen molar-refractivity contribution in [2.45, 2.75) is 59.5 Å². The van der Waals surface area contributed by atoms with Crippen molar-refractivity contribution in [3.05, 3.63) is 65.7 Å². The first-order chi connectivity index (χ1) is 15.0. The number of nitrogens with zero attached hydrogens (tertiary/aromatic N) is 2. The lowest BCUT2D eigenvalue weighted by atomic mass is 9.93. The summed E-state index contributed by atoms with van der Waals surface area (Å²) in [6, 6.07) is 17.8. The van der Waals surface area contributed by atoms with Gasteiger partial charge in [0, 0.05) is 18.2 Å². The van der Waals surface area contributed by atoms with Crippen LogP contribution in [0, 0.1) is 0 Å². The third-order valence-electron chi connectivity index (χ3n) is 5.48. The smallest absolute Gasteiger partial charge is 0.218 e. The average molecular weight is 456 g/mol. The first-order valence-corrected chi connectivity index (χ1v) is 12.7. The van der Waals surface area contributed by atoms with Crippen molar-refractivity contribution in [2.24, 2.45) is 0 Å². The second-order valence-corrected chi connectivity index (χ2v) is 10.7. The van der Waals surface area contributed by atoms with Crippen LogP contribution in [0.1, 0.15) is 58.6 Å². The minimum Gasteiger partial charge on any atom is -0.439 e. The fraction of sp³-hybridized carbons (Fsp3) is 0.400. The number of benzene rings is 2. The number of rotatable bonds is 9. The summed E-state index contributed by atoms with van der Waals surface area (Å²) in [7, 11) is -3.34. The molecule has 0 fully saturated rings.